The van der Waals surface area contributed by atoms with Crippen molar-refractivity contribution in [1.82, 2.24) is 14.4 Å². The molecule has 2 N–H and O–H groups in total. The van der Waals surface area contributed by atoms with E-state index in [1.54, 1.807) is 23.6 Å². The molecule has 0 aliphatic rings. The van der Waals surface area contributed by atoms with E-state index in [1.807, 2.05) is 70.6 Å². The van der Waals surface area contributed by atoms with Gasteiger partial charge in [0.1, 0.15) is 0 Å². The Morgan fingerprint density at radius 1 is 1.17 bits per heavy atom. The van der Waals surface area contributed by atoms with Crippen LogP contribution in [0, 0.1) is 0 Å². The maximum atomic E-state index is 12.9. The molecule has 142 valence electrons. The molecule has 5 aromatic rings. The SMILES string of the molecule is O=C(/C=C/c1c(-c2ccc(CO)cc2)nc2sccn12)c1c[nH]c2ccccc12. The average molecular weight is 399 g/mol. The van der Waals surface area contributed by atoms with Crippen LogP contribution >= 0.6 is 11.3 Å². The minimum atomic E-state index is -0.0609. The minimum absolute atomic E-state index is 0.00441. The van der Waals surface area contributed by atoms with Gasteiger partial charge in [-0.05, 0) is 23.8 Å². The molecule has 0 spiro atoms. The Labute approximate surface area is 170 Å². The number of aliphatic hydroxyl groups excluding tert-OH is 1. The Balaban J connectivity index is 1.55. The summed E-state index contributed by atoms with van der Waals surface area (Å²) in [6.45, 7) is 0.00441. The fourth-order valence-electron chi connectivity index (χ4n) is 3.46. The molecule has 0 radical (unpaired) electrons. The highest BCUT2D eigenvalue weighted by atomic mass is 32.1. The third-order valence-corrected chi connectivity index (χ3v) is 5.71. The van der Waals surface area contributed by atoms with Crippen LogP contribution in [0.25, 0.3) is 33.2 Å². The molecular weight excluding hydrogens is 382 g/mol. The Morgan fingerprint density at radius 3 is 2.83 bits per heavy atom. The quantitative estimate of drug-likeness (QED) is 0.325. The van der Waals surface area contributed by atoms with Gasteiger partial charge in [-0.15, -0.1) is 11.3 Å². The third-order valence-electron chi connectivity index (χ3n) is 4.96. The number of benzene rings is 2. The van der Waals surface area contributed by atoms with Crippen molar-refractivity contribution in [2.45, 2.75) is 6.61 Å². The zero-order valence-electron chi connectivity index (χ0n) is 15.4. The zero-order chi connectivity index (χ0) is 19.8. The first-order valence-electron chi connectivity index (χ1n) is 9.19. The lowest BCUT2D eigenvalue weighted by Gasteiger charge is -2.02. The number of thiazole rings is 1. The average Bonchev–Trinajstić information content (AvgIpc) is 3.46. The monoisotopic (exact) mass is 399 g/mol. The van der Waals surface area contributed by atoms with E-state index in [0.29, 0.717) is 5.56 Å². The van der Waals surface area contributed by atoms with Gasteiger partial charge in [0.15, 0.2) is 10.7 Å². The number of aromatic nitrogens is 3. The number of para-hydroxylation sites is 1. The summed E-state index contributed by atoms with van der Waals surface area (Å²) in [5.74, 6) is -0.0609. The summed E-state index contributed by atoms with van der Waals surface area (Å²) < 4.78 is 1.99. The van der Waals surface area contributed by atoms with Crippen molar-refractivity contribution in [2.75, 3.05) is 0 Å². The molecule has 0 aliphatic carbocycles. The van der Waals surface area contributed by atoms with Gasteiger partial charge >= 0.3 is 0 Å². The largest absolute Gasteiger partial charge is 0.392 e. The number of hydrogen-bond donors (Lipinski definition) is 2. The van der Waals surface area contributed by atoms with E-state index in [1.165, 1.54) is 0 Å². The van der Waals surface area contributed by atoms with E-state index in [0.717, 1.165) is 38.4 Å². The van der Waals surface area contributed by atoms with Crippen molar-refractivity contribution in [3.05, 3.63) is 89.2 Å². The Kier molecular flexibility index (Phi) is 4.35. The summed E-state index contributed by atoms with van der Waals surface area (Å²) in [6, 6.07) is 15.4. The van der Waals surface area contributed by atoms with Gasteiger partial charge in [0.05, 0.1) is 18.0 Å². The molecule has 3 heterocycles. The summed E-state index contributed by atoms with van der Waals surface area (Å²) in [4.78, 5) is 21.6. The molecule has 5 rings (SSSR count). The maximum absolute atomic E-state index is 12.9. The standard InChI is InChI=1S/C23H17N3O2S/c27-14-15-5-7-16(8-6-15)22-20(26-11-12-29-23(26)25-22)9-10-21(28)18-13-24-19-4-2-1-3-17(18)19/h1-13,24,27H,14H2/b10-9+. The van der Waals surface area contributed by atoms with Crippen LogP contribution in [0.3, 0.4) is 0 Å². The van der Waals surface area contributed by atoms with E-state index >= 15 is 0 Å². The summed E-state index contributed by atoms with van der Waals surface area (Å²) in [5, 5.41) is 12.2. The maximum Gasteiger partial charge on any atom is 0.194 e. The number of carbonyl (C=O) groups is 1. The third kappa shape index (κ3) is 3.08. The predicted molar refractivity (Wildman–Crippen MR) is 116 cm³/mol. The number of fused-ring (bicyclic) bond motifs is 2. The number of rotatable bonds is 5. The molecule has 5 nitrogen and oxygen atoms in total. The highest BCUT2D eigenvalue weighted by Gasteiger charge is 2.14. The number of H-pyrrole nitrogens is 1. The first kappa shape index (κ1) is 17.6. The van der Waals surface area contributed by atoms with Gasteiger partial charge in [-0.25, -0.2) is 4.98 Å². The first-order valence-corrected chi connectivity index (χ1v) is 10.1. The van der Waals surface area contributed by atoms with E-state index in [4.69, 9.17) is 4.98 Å². The van der Waals surface area contributed by atoms with Crippen molar-refractivity contribution >= 4 is 39.1 Å². The van der Waals surface area contributed by atoms with Crippen LogP contribution in [0.4, 0.5) is 0 Å². The van der Waals surface area contributed by atoms with Crippen LogP contribution in [0.5, 0.6) is 0 Å². The number of nitrogens with one attached hydrogen (secondary N) is 1. The molecule has 6 heteroatoms. The van der Waals surface area contributed by atoms with E-state index in [-0.39, 0.29) is 12.4 Å². The number of aromatic amines is 1. The smallest absolute Gasteiger partial charge is 0.194 e. The molecule has 0 saturated carbocycles. The van der Waals surface area contributed by atoms with Crippen molar-refractivity contribution in [3.8, 4) is 11.3 Å². The summed E-state index contributed by atoms with van der Waals surface area (Å²) in [6.07, 6.45) is 7.13. The van der Waals surface area contributed by atoms with E-state index in [9.17, 15) is 9.90 Å². The van der Waals surface area contributed by atoms with Crippen LogP contribution in [-0.4, -0.2) is 25.3 Å². The highest BCUT2D eigenvalue weighted by molar-refractivity contribution is 7.15. The zero-order valence-corrected chi connectivity index (χ0v) is 16.2. The Bertz CT molecular complexity index is 1360. The van der Waals surface area contributed by atoms with Gasteiger partial charge in [0.25, 0.3) is 0 Å². The van der Waals surface area contributed by atoms with Gasteiger partial charge in [-0.1, -0.05) is 42.5 Å². The van der Waals surface area contributed by atoms with Gasteiger partial charge in [-0.3, -0.25) is 9.20 Å². The van der Waals surface area contributed by atoms with Gasteiger partial charge in [0.2, 0.25) is 0 Å². The predicted octanol–water partition coefficient (Wildman–Crippen LogP) is 4.93. The molecule has 0 saturated heterocycles. The molecule has 0 fully saturated rings. The summed E-state index contributed by atoms with van der Waals surface area (Å²) >= 11 is 1.55. The van der Waals surface area contributed by atoms with Gasteiger partial charge in [0, 0.05) is 39.8 Å². The number of imidazole rings is 1. The van der Waals surface area contributed by atoms with Crippen LogP contribution in [0.1, 0.15) is 21.6 Å². The number of hydrogen-bond acceptors (Lipinski definition) is 4. The lowest BCUT2D eigenvalue weighted by Crippen LogP contribution is -1.93. The van der Waals surface area contributed by atoms with Crippen molar-refractivity contribution in [2.24, 2.45) is 0 Å². The fraction of sp³-hybridized carbons (Fsp3) is 0.0435. The van der Waals surface area contributed by atoms with E-state index < -0.39 is 0 Å². The normalized spacial score (nSPS) is 11.8. The molecule has 0 atom stereocenters. The summed E-state index contributed by atoms with van der Waals surface area (Å²) in [5.41, 5.74) is 5.05. The molecule has 0 amide bonds. The lowest BCUT2D eigenvalue weighted by molar-refractivity contribution is 0.104. The van der Waals surface area contributed by atoms with Crippen LogP contribution < -0.4 is 0 Å². The van der Waals surface area contributed by atoms with Crippen molar-refractivity contribution < 1.29 is 9.90 Å². The number of nitrogens with zero attached hydrogens (tertiary/aromatic N) is 2. The fourth-order valence-corrected chi connectivity index (χ4v) is 4.18. The van der Waals surface area contributed by atoms with Crippen LogP contribution in [0.15, 0.2) is 72.4 Å². The van der Waals surface area contributed by atoms with Gasteiger partial charge < -0.3 is 10.1 Å². The molecule has 2 aromatic carbocycles. The Hall–Kier alpha value is -3.48. The van der Waals surface area contributed by atoms with Gasteiger partial charge in [-0.2, -0.15) is 0 Å². The number of allylic oxidation sites excluding steroid dienone is 1. The van der Waals surface area contributed by atoms with Crippen LogP contribution in [0.2, 0.25) is 0 Å². The molecule has 0 bridgehead atoms. The molecule has 0 aliphatic heterocycles. The molecule has 3 aromatic heterocycles. The second-order valence-corrected chi connectivity index (χ2v) is 7.57. The number of ketones is 1. The molecule has 29 heavy (non-hydrogen) atoms. The topological polar surface area (TPSA) is 70.4 Å². The second-order valence-electron chi connectivity index (χ2n) is 6.70. The molecule has 0 unspecified atom stereocenters. The highest BCUT2D eigenvalue weighted by Crippen LogP contribution is 2.28. The van der Waals surface area contributed by atoms with Crippen LogP contribution in [-0.2, 0) is 6.61 Å². The number of aliphatic hydroxyl groups is 1. The lowest BCUT2D eigenvalue weighted by atomic mass is 10.1. The second kappa shape index (κ2) is 7.16. The summed E-state index contributed by atoms with van der Waals surface area (Å²) in [7, 11) is 0. The Morgan fingerprint density at radius 2 is 2.00 bits per heavy atom. The van der Waals surface area contributed by atoms with E-state index in [2.05, 4.69) is 4.98 Å². The van der Waals surface area contributed by atoms with Crippen molar-refractivity contribution in [3.63, 3.8) is 0 Å². The van der Waals surface area contributed by atoms with Crippen molar-refractivity contribution in [1.29, 1.82) is 0 Å². The minimum Gasteiger partial charge on any atom is -0.392 e. The first-order chi connectivity index (χ1) is 14.2. The number of carbonyl (C=O) groups excluding carboxylic acids is 1. The molecular formula is C23H17N3O2S.